The summed E-state index contributed by atoms with van der Waals surface area (Å²) >= 11 is 3.40. The van der Waals surface area contributed by atoms with Crippen molar-refractivity contribution in [2.45, 2.75) is 12.8 Å². The molecular weight excluding hydrogens is 418 g/mol. The van der Waals surface area contributed by atoms with E-state index in [2.05, 4.69) is 30.9 Å². The molecule has 4 rings (SSSR count). The Bertz CT molecular complexity index is 1140. The quantitative estimate of drug-likeness (QED) is 0.419. The van der Waals surface area contributed by atoms with Gasteiger partial charge in [-0.15, -0.1) is 0 Å². The van der Waals surface area contributed by atoms with Gasteiger partial charge in [0.15, 0.2) is 11.2 Å². The second kappa shape index (κ2) is 7.24. The second-order valence-electron chi connectivity index (χ2n) is 5.95. The fraction of sp³-hybridized carbons (Fsp3) is 0.235. The number of hydrogen-bond donors (Lipinski definition) is 3. The first-order valence-electron chi connectivity index (χ1n) is 8.16. The topological polar surface area (TPSA) is 118 Å². The summed E-state index contributed by atoms with van der Waals surface area (Å²) in [7, 11) is 0. The fourth-order valence-corrected chi connectivity index (χ4v) is 2.98. The van der Waals surface area contributed by atoms with E-state index in [4.69, 9.17) is 14.9 Å². The molecule has 9 nitrogen and oxygen atoms in total. The van der Waals surface area contributed by atoms with Gasteiger partial charge in [0.2, 0.25) is 5.78 Å². The number of hydrogen-bond acceptors (Lipinski definition) is 6. The third-order valence-corrected chi connectivity index (χ3v) is 4.72. The number of nitrogens with zero attached hydrogens (tertiary/aromatic N) is 4. The summed E-state index contributed by atoms with van der Waals surface area (Å²) < 4.78 is 9.32. The van der Waals surface area contributed by atoms with Crippen LogP contribution in [0, 0.1) is 0 Å². The Hall–Kier alpha value is -2.53. The summed E-state index contributed by atoms with van der Waals surface area (Å²) in [6, 6.07) is 7.68. The SMILES string of the molecule is O=c1c2ncn(COC(CO)CO)c2nc2[nH]c(-c3ccc(Br)cc3)cn12. The lowest BCUT2D eigenvalue weighted by molar-refractivity contribution is -0.0488. The fourth-order valence-electron chi connectivity index (χ4n) is 2.72. The monoisotopic (exact) mass is 433 g/mol. The van der Waals surface area contributed by atoms with Gasteiger partial charge in [0.05, 0.1) is 25.2 Å². The Morgan fingerprint density at radius 1 is 1.22 bits per heavy atom. The number of aliphatic hydroxyl groups is 2. The number of aromatic nitrogens is 5. The first kappa shape index (κ1) is 17.9. The number of rotatable bonds is 6. The van der Waals surface area contributed by atoms with Crippen LogP contribution in [0.25, 0.3) is 28.2 Å². The zero-order valence-corrected chi connectivity index (χ0v) is 15.6. The molecule has 0 aliphatic carbocycles. The molecule has 27 heavy (non-hydrogen) atoms. The molecule has 1 aromatic carbocycles. The molecule has 0 aliphatic heterocycles. The van der Waals surface area contributed by atoms with Gasteiger partial charge in [-0.2, -0.15) is 4.98 Å². The van der Waals surface area contributed by atoms with Crippen LogP contribution in [-0.2, 0) is 11.5 Å². The summed E-state index contributed by atoms with van der Waals surface area (Å²) in [6.07, 6.45) is 2.43. The van der Waals surface area contributed by atoms with Crippen LogP contribution in [0.1, 0.15) is 0 Å². The highest BCUT2D eigenvalue weighted by Crippen LogP contribution is 2.21. The van der Waals surface area contributed by atoms with Crippen molar-refractivity contribution in [2.75, 3.05) is 13.2 Å². The third kappa shape index (κ3) is 3.28. The minimum atomic E-state index is -0.707. The number of imidazole rings is 2. The lowest BCUT2D eigenvalue weighted by Crippen LogP contribution is -2.23. The summed E-state index contributed by atoms with van der Waals surface area (Å²) in [4.78, 5) is 24.5. The molecule has 3 N–H and O–H groups in total. The van der Waals surface area contributed by atoms with Crippen LogP contribution in [0.15, 0.2) is 46.1 Å². The van der Waals surface area contributed by atoms with Crippen LogP contribution in [0.2, 0.25) is 0 Å². The number of benzene rings is 1. The Kier molecular flexibility index (Phi) is 4.79. The van der Waals surface area contributed by atoms with Crippen LogP contribution in [0.4, 0.5) is 0 Å². The summed E-state index contributed by atoms with van der Waals surface area (Å²) in [5.41, 5.74) is 1.94. The first-order chi connectivity index (χ1) is 13.1. The highest BCUT2D eigenvalue weighted by atomic mass is 79.9. The molecule has 0 amide bonds. The predicted octanol–water partition coefficient (Wildman–Crippen LogP) is 1.13. The van der Waals surface area contributed by atoms with Gasteiger partial charge in [-0.25, -0.2) is 9.38 Å². The standard InChI is InChI=1S/C17H16BrN5O4/c18-11-3-1-10(2-4-11)13-5-23-16(26)14-15(21-17(23)20-13)22(8-19-14)9-27-12(6-24)7-25/h1-5,8,12,24-25H,6-7,9H2,(H,20,21). The number of nitrogens with one attached hydrogen (secondary N) is 1. The maximum Gasteiger partial charge on any atom is 0.287 e. The van der Waals surface area contributed by atoms with E-state index in [0.717, 1.165) is 15.7 Å². The smallest absolute Gasteiger partial charge is 0.287 e. The van der Waals surface area contributed by atoms with Gasteiger partial charge in [0.25, 0.3) is 5.56 Å². The Balaban J connectivity index is 1.76. The summed E-state index contributed by atoms with van der Waals surface area (Å²) in [5, 5.41) is 18.2. The van der Waals surface area contributed by atoms with Crippen LogP contribution < -0.4 is 5.56 Å². The van der Waals surface area contributed by atoms with Crippen LogP contribution in [-0.4, -0.2) is 53.5 Å². The van der Waals surface area contributed by atoms with Crippen molar-refractivity contribution >= 4 is 32.9 Å². The average molecular weight is 434 g/mol. The number of ether oxygens (including phenoxy) is 1. The normalized spacial score (nSPS) is 11.9. The van der Waals surface area contributed by atoms with E-state index in [0.29, 0.717) is 11.4 Å². The highest BCUT2D eigenvalue weighted by Gasteiger charge is 2.15. The summed E-state index contributed by atoms with van der Waals surface area (Å²) in [6.45, 7) is -0.613. The minimum absolute atomic E-state index is 0.00514. The highest BCUT2D eigenvalue weighted by molar-refractivity contribution is 9.10. The Morgan fingerprint density at radius 3 is 2.67 bits per heavy atom. The van der Waals surface area contributed by atoms with Gasteiger partial charge >= 0.3 is 0 Å². The van der Waals surface area contributed by atoms with Gasteiger partial charge < -0.3 is 19.9 Å². The second-order valence-corrected chi connectivity index (χ2v) is 6.87. The molecule has 140 valence electrons. The van der Waals surface area contributed by atoms with Gasteiger partial charge in [-0.05, 0) is 17.7 Å². The van der Waals surface area contributed by atoms with Crippen molar-refractivity contribution in [1.82, 2.24) is 23.9 Å². The molecule has 3 heterocycles. The van der Waals surface area contributed by atoms with E-state index < -0.39 is 6.10 Å². The molecule has 10 heteroatoms. The van der Waals surface area contributed by atoms with Crippen LogP contribution in [0.3, 0.4) is 0 Å². The molecule has 0 unspecified atom stereocenters. The number of aromatic amines is 1. The lowest BCUT2D eigenvalue weighted by Gasteiger charge is -2.12. The van der Waals surface area contributed by atoms with E-state index in [1.807, 2.05) is 24.3 Å². The molecule has 0 fully saturated rings. The minimum Gasteiger partial charge on any atom is -0.394 e. The van der Waals surface area contributed by atoms with Crippen molar-refractivity contribution in [3.63, 3.8) is 0 Å². The van der Waals surface area contributed by atoms with Gasteiger partial charge in [-0.3, -0.25) is 9.36 Å². The molecule has 0 spiro atoms. The molecule has 0 atom stereocenters. The molecule has 0 saturated heterocycles. The molecule has 3 aromatic heterocycles. The number of aliphatic hydroxyl groups excluding tert-OH is 2. The van der Waals surface area contributed by atoms with Crippen LogP contribution in [0.5, 0.6) is 0 Å². The first-order valence-corrected chi connectivity index (χ1v) is 8.95. The van der Waals surface area contributed by atoms with Gasteiger partial charge in [-0.1, -0.05) is 28.1 Å². The van der Waals surface area contributed by atoms with E-state index in [-0.39, 0.29) is 31.0 Å². The van der Waals surface area contributed by atoms with Gasteiger partial charge in [0, 0.05) is 10.7 Å². The largest absolute Gasteiger partial charge is 0.394 e. The maximum absolute atomic E-state index is 12.7. The predicted molar refractivity (Wildman–Crippen MR) is 101 cm³/mol. The average Bonchev–Trinajstić information content (AvgIpc) is 3.28. The molecule has 0 bridgehead atoms. The van der Waals surface area contributed by atoms with Gasteiger partial charge in [0.1, 0.15) is 12.8 Å². The number of fused-ring (bicyclic) bond motifs is 2. The third-order valence-electron chi connectivity index (χ3n) is 4.19. The van der Waals surface area contributed by atoms with Crippen molar-refractivity contribution < 1.29 is 14.9 Å². The Morgan fingerprint density at radius 2 is 1.96 bits per heavy atom. The van der Waals surface area contributed by atoms with Crippen molar-refractivity contribution in [1.29, 1.82) is 0 Å². The van der Waals surface area contributed by atoms with Crippen molar-refractivity contribution in [3.8, 4) is 11.3 Å². The number of halogens is 1. The van der Waals surface area contributed by atoms with Crippen LogP contribution >= 0.6 is 15.9 Å². The molecule has 4 aromatic rings. The van der Waals surface area contributed by atoms with E-state index in [1.165, 1.54) is 10.7 Å². The zero-order valence-electron chi connectivity index (χ0n) is 14.0. The lowest BCUT2D eigenvalue weighted by atomic mass is 10.2. The zero-order chi connectivity index (χ0) is 19.0. The van der Waals surface area contributed by atoms with Crippen molar-refractivity contribution in [2.24, 2.45) is 0 Å². The molecular formula is C17H16BrN5O4. The molecule has 0 saturated carbocycles. The number of H-pyrrole nitrogens is 1. The van der Waals surface area contributed by atoms with E-state index in [9.17, 15) is 4.79 Å². The van der Waals surface area contributed by atoms with E-state index >= 15 is 0 Å². The van der Waals surface area contributed by atoms with Crippen molar-refractivity contribution in [3.05, 3.63) is 51.6 Å². The molecule has 0 aliphatic rings. The molecule has 0 radical (unpaired) electrons. The Labute approximate surface area is 161 Å². The maximum atomic E-state index is 12.7. The summed E-state index contributed by atoms with van der Waals surface area (Å²) in [5.74, 6) is 0.382. The van der Waals surface area contributed by atoms with E-state index in [1.54, 1.807) is 10.8 Å².